The van der Waals surface area contributed by atoms with Crippen molar-refractivity contribution in [1.29, 1.82) is 0 Å². The van der Waals surface area contributed by atoms with E-state index in [2.05, 4.69) is 20.4 Å². The molecular formula is C19H17N5O3S2. The number of hydrogen-bond acceptors (Lipinski definition) is 6. The number of fused-ring (bicyclic) bond motifs is 1. The van der Waals surface area contributed by atoms with Crippen molar-refractivity contribution in [2.45, 2.75) is 17.7 Å². The fraction of sp³-hybridized carbons (Fsp3) is 0.105. The molecule has 148 valence electrons. The third kappa shape index (κ3) is 3.84. The topological polar surface area (TPSA) is 106 Å². The van der Waals surface area contributed by atoms with E-state index in [-0.39, 0.29) is 15.8 Å². The molecule has 0 radical (unpaired) electrons. The van der Waals surface area contributed by atoms with E-state index >= 15 is 0 Å². The number of hydrogen-bond donors (Lipinski definition) is 2. The van der Waals surface area contributed by atoms with Gasteiger partial charge in [-0.3, -0.25) is 9.52 Å². The molecule has 2 aromatic carbocycles. The van der Waals surface area contributed by atoms with Gasteiger partial charge in [0.05, 0.1) is 16.9 Å². The molecule has 0 spiro atoms. The van der Waals surface area contributed by atoms with Crippen LogP contribution in [-0.4, -0.2) is 29.3 Å². The maximum absolute atomic E-state index is 12.7. The SMILES string of the molecule is CCn1nnc2cc(C(=O)Nc3ccccc3NS(=O)(=O)c3cccs3)ccc21. The second-order valence-electron chi connectivity index (χ2n) is 6.15. The highest BCUT2D eigenvalue weighted by atomic mass is 32.2. The number of aromatic nitrogens is 3. The van der Waals surface area contributed by atoms with Crippen molar-refractivity contribution in [2.75, 3.05) is 10.0 Å². The van der Waals surface area contributed by atoms with Gasteiger partial charge in [0.1, 0.15) is 9.73 Å². The molecule has 0 unspecified atom stereocenters. The summed E-state index contributed by atoms with van der Waals surface area (Å²) in [6, 6.07) is 15.0. The Kier molecular flexibility index (Phi) is 5.03. The van der Waals surface area contributed by atoms with Crippen LogP contribution in [0.1, 0.15) is 17.3 Å². The number of aryl methyl sites for hydroxylation is 1. The number of benzene rings is 2. The second kappa shape index (κ2) is 7.64. The fourth-order valence-electron chi connectivity index (χ4n) is 2.83. The number of thiophene rings is 1. The van der Waals surface area contributed by atoms with Gasteiger partial charge >= 0.3 is 0 Å². The van der Waals surface area contributed by atoms with E-state index in [1.165, 1.54) is 6.07 Å². The Morgan fingerprint density at radius 3 is 2.62 bits per heavy atom. The lowest BCUT2D eigenvalue weighted by Gasteiger charge is -2.13. The Balaban J connectivity index is 1.59. The number of rotatable bonds is 6. The molecule has 4 rings (SSSR count). The fourth-order valence-corrected chi connectivity index (χ4v) is 4.91. The van der Waals surface area contributed by atoms with Crippen LogP contribution < -0.4 is 10.0 Å². The first kappa shape index (κ1) is 19.1. The van der Waals surface area contributed by atoms with E-state index in [4.69, 9.17) is 0 Å². The van der Waals surface area contributed by atoms with Crippen LogP contribution in [0.4, 0.5) is 11.4 Å². The quantitative estimate of drug-likeness (QED) is 0.489. The molecular weight excluding hydrogens is 410 g/mol. The Bertz CT molecular complexity index is 1280. The van der Waals surface area contributed by atoms with Crippen LogP contribution >= 0.6 is 11.3 Å². The number of sulfonamides is 1. The molecule has 4 aromatic rings. The van der Waals surface area contributed by atoms with Gasteiger partial charge in [-0.05, 0) is 48.7 Å². The van der Waals surface area contributed by atoms with Crippen molar-refractivity contribution in [3.05, 3.63) is 65.5 Å². The first-order valence-electron chi connectivity index (χ1n) is 8.78. The van der Waals surface area contributed by atoms with Crippen LogP contribution in [0, 0.1) is 0 Å². The number of carbonyl (C=O) groups excluding carboxylic acids is 1. The zero-order valence-corrected chi connectivity index (χ0v) is 17.0. The minimum Gasteiger partial charge on any atom is -0.320 e. The van der Waals surface area contributed by atoms with Crippen LogP contribution in [0.5, 0.6) is 0 Å². The van der Waals surface area contributed by atoms with E-state index in [9.17, 15) is 13.2 Å². The van der Waals surface area contributed by atoms with Crippen LogP contribution in [-0.2, 0) is 16.6 Å². The van der Waals surface area contributed by atoms with Crippen molar-refractivity contribution in [1.82, 2.24) is 15.0 Å². The van der Waals surface area contributed by atoms with Crippen LogP contribution in [0.2, 0.25) is 0 Å². The average molecular weight is 428 g/mol. The molecule has 10 heteroatoms. The monoisotopic (exact) mass is 427 g/mol. The summed E-state index contributed by atoms with van der Waals surface area (Å²) >= 11 is 1.12. The Hall–Kier alpha value is -3.24. The van der Waals surface area contributed by atoms with Crippen molar-refractivity contribution in [3.8, 4) is 0 Å². The van der Waals surface area contributed by atoms with E-state index in [1.807, 2.05) is 6.92 Å². The summed E-state index contributed by atoms with van der Waals surface area (Å²) in [6.07, 6.45) is 0. The Morgan fingerprint density at radius 2 is 1.90 bits per heavy atom. The van der Waals surface area contributed by atoms with Gasteiger partial charge in [0, 0.05) is 12.1 Å². The predicted molar refractivity (Wildman–Crippen MR) is 113 cm³/mol. The first-order chi connectivity index (χ1) is 14.0. The molecule has 29 heavy (non-hydrogen) atoms. The molecule has 0 aliphatic rings. The van der Waals surface area contributed by atoms with E-state index in [0.717, 1.165) is 16.9 Å². The lowest BCUT2D eigenvalue weighted by molar-refractivity contribution is 0.102. The summed E-state index contributed by atoms with van der Waals surface area (Å²) in [5, 5.41) is 12.6. The van der Waals surface area contributed by atoms with Crippen LogP contribution in [0.25, 0.3) is 11.0 Å². The molecule has 0 aliphatic heterocycles. The summed E-state index contributed by atoms with van der Waals surface area (Å²) in [6.45, 7) is 2.64. The minimum absolute atomic E-state index is 0.197. The van der Waals surface area contributed by atoms with Gasteiger partial charge in [0.2, 0.25) is 0 Å². The standard InChI is InChI=1S/C19H17N5O3S2/c1-2-24-17-10-9-13(12-16(17)21-23-24)19(25)20-14-6-3-4-7-15(14)22-29(26,27)18-8-5-11-28-18/h3-12,22H,2H2,1H3,(H,20,25). The zero-order valence-electron chi connectivity index (χ0n) is 15.4. The van der Waals surface area contributed by atoms with Gasteiger partial charge in [0.15, 0.2) is 0 Å². The highest BCUT2D eigenvalue weighted by molar-refractivity contribution is 7.94. The van der Waals surface area contributed by atoms with Crippen molar-refractivity contribution < 1.29 is 13.2 Å². The third-order valence-corrected chi connectivity index (χ3v) is 7.02. The molecule has 0 bridgehead atoms. The summed E-state index contributed by atoms with van der Waals surface area (Å²) in [7, 11) is -3.73. The Morgan fingerprint density at radius 1 is 1.10 bits per heavy atom. The molecule has 0 atom stereocenters. The molecule has 1 amide bonds. The Labute approximate surface area is 171 Å². The maximum atomic E-state index is 12.7. The predicted octanol–water partition coefficient (Wildman–Crippen LogP) is 3.57. The first-order valence-corrected chi connectivity index (χ1v) is 11.1. The largest absolute Gasteiger partial charge is 0.320 e. The molecule has 8 nitrogen and oxygen atoms in total. The molecule has 0 saturated carbocycles. The van der Waals surface area contributed by atoms with Gasteiger partial charge in [-0.2, -0.15) is 0 Å². The van der Waals surface area contributed by atoms with Crippen LogP contribution in [0.3, 0.4) is 0 Å². The lowest BCUT2D eigenvalue weighted by atomic mass is 10.1. The summed E-state index contributed by atoms with van der Waals surface area (Å²) < 4.78 is 29.5. The number of nitrogens with one attached hydrogen (secondary N) is 2. The average Bonchev–Trinajstić information content (AvgIpc) is 3.39. The van der Waals surface area contributed by atoms with Gasteiger partial charge in [-0.25, -0.2) is 13.1 Å². The molecule has 2 N–H and O–H groups in total. The maximum Gasteiger partial charge on any atom is 0.271 e. The minimum atomic E-state index is -3.73. The van der Waals surface area contributed by atoms with Gasteiger partial charge in [0.25, 0.3) is 15.9 Å². The molecule has 0 saturated heterocycles. The summed E-state index contributed by atoms with van der Waals surface area (Å²) in [5.41, 5.74) is 2.50. The second-order valence-corrected chi connectivity index (χ2v) is 9.00. The normalized spacial score (nSPS) is 11.5. The highest BCUT2D eigenvalue weighted by Gasteiger charge is 2.18. The number of amides is 1. The van der Waals surface area contributed by atoms with Crippen molar-refractivity contribution >= 4 is 49.7 Å². The van der Waals surface area contributed by atoms with Crippen molar-refractivity contribution in [3.63, 3.8) is 0 Å². The van der Waals surface area contributed by atoms with E-state index < -0.39 is 10.0 Å². The number of anilines is 2. The summed E-state index contributed by atoms with van der Waals surface area (Å²) in [4.78, 5) is 12.7. The van der Waals surface area contributed by atoms with Gasteiger partial charge in [-0.15, -0.1) is 16.4 Å². The van der Waals surface area contributed by atoms with Crippen molar-refractivity contribution in [2.24, 2.45) is 0 Å². The number of para-hydroxylation sites is 2. The zero-order chi connectivity index (χ0) is 20.4. The lowest BCUT2D eigenvalue weighted by Crippen LogP contribution is -2.16. The molecule has 0 aliphatic carbocycles. The third-order valence-electron chi connectivity index (χ3n) is 4.26. The smallest absolute Gasteiger partial charge is 0.271 e. The van der Waals surface area contributed by atoms with Gasteiger partial charge < -0.3 is 5.32 Å². The summed E-state index contributed by atoms with van der Waals surface area (Å²) in [5.74, 6) is -0.374. The molecule has 0 fully saturated rings. The van der Waals surface area contributed by atoms with Gasteiger partial charge in [-0.1, -0.05) is 23.4 Å². The highest BCUT2D eigenvalue weighted by Crippen LogP contribution is 2.26. The van der Waals surface area contributed by atoms with Crippen LogP contribution in [0.15, 0.2) is 64.2 Å². The number of nitrogens with zero attached hydrogens (tertiary/aromatic N) is 3. The molecule has 2 heterocycles. The molecule has 2 aromatic heterocycles. The number of carbonyl (C=O) groups is 1. The van der Waals surface area contributed by atoms with E-state index in [0.29, 0.717) is 23.3 Å². The van der Waals surface area contributed by atoms with E-state index in [1.54, 1.807) is 58.6 Å².